The number of nitrogens with zero attached hydrogens (tertiary/aromatic N) is 1. The molecule has 1 heterocycles. The maximum Gasteiger partial charge on any atom is 0.134 e. The maximum atomic E-state index is 14.3. The normalized spacial score (nSPS) is 11.7. The Bertz CT molecular complexity index is 890. The van der Waals surface area contributed by atoms with E-state index in [2.05, 4.69) is 10.3 Å². The lowest BCUT2D eigenvalue weighted by molar-refractivity contribution is 0.234. The summed E-state index contributed by atoms with van der Waals surface area (Å²) in [6.07, 6.45) is 0. The number of fused-ring (bicyclic) bond motifs is 1. The van der Waals surface area contributed by atoms with E-state index in [1.165, 1.54) is 6.07 Å². The first-order chi connectivity index (χ1) is 11.4. The number of aliphatic hydroxyl groups excluding tert-OH is 1. The third-order valence-corrected chi connectivity index (χ3v) is 4.09. The second-order valence-electron chi connectivity index (χ2n) is 6.61. The molecule has 0 saturated carbocycles. The highest BCUT2D eigenvalue weighted by molar-refractivity contribution is 6.03. The minimum absolute atomic E-state index is 0.0167. The Labute approximate surface area is 141 Å². The lowest BCUT2D eigenvalue weighted by Crippen LogP contribution is -2.35. The van der Waals surface area contributed by atoms with Gasteiger partial charge in [-0.1, -0.05) is 42.5 Å². The van der Waals surface area contributed by atoms with E-state index in [1.807, 2.05) is 51.1 Å². The van der Waals surface area contributed by atoms with Crippen LogP contribution in [0.5, 0.6) is 0 Å². The summed E-state index contributed by atoms with van der Waals surface area (Å²) in [4.78, 5) is 4.66. The van der Waals surface area contributed by atoms with E-state index in [4.69, 9.17) is 0 Å². The first-order valence-corrected chi connectivity index (χ1v) is 7.96. The van der Waals surface area contributed by atoms with Crippen LogP contribution in [-0.4, -0.2) is 22.2 Å². The molecule has 0 aliphatic heterocycles. The summed E-state index contributed by atoms with van der Waals surface area (Å²) in [5.74, 6) is 0.436. The van der Waals surface area contributed by atoms with Crippen molar-refractivity contribution >= 4 is 16.6 Å². The van der Waals surface area contributed by atoms with Gasteiger partial charge in [-0.25, -0.2) is 9.37 Å². The number of hydrogen-bond acceptors (Lipinski definition) is 3. The number of aryl methyl sites for hydroxylation is 1. The van der Waals surface area contributed by atoms with Gasteiger partial charge in [-0.05, 0) is 32.2 Å². The number of pyridine rings is 1. The summed E-state index contributed by atoms with van der Waals surface area (Å²) < 4.78 is 14.3. The molecular formula is C20H21FN2O. The number of halogens is 1. The average molecular weight is 324 g/mol. The largest absolute Gasteiger partial charge is 0.394 e. The predicted octanol–water partition coefficient (Wildman–Crippen LogP) is 4.53. The van der Waals surface area contributed by atoms with Gasteiger partial charge in [0.2, 0.25) is 0 Å². The van der Waals surface area contributed by atoms with E-state index in [0.29, 0.717) is 11.4 Å². The first-order valence-electron chi connectivity index (χ1n) is 7.96. The van der Waals surface area contributed by atoms with E-state index >= 15 is 0 Å². The molecule has 3 nitrogen and oxygen atoms in total. The molecule has 0 bridgehead atoms. The van der Waals surface area contributed by atoms with Crippen LogP contribution in [0.1, 0.15) is 19.5 Å². The van der Waals surface area contributed by atoms with Crippen molar-refractivity contribution in [2.45, 2.75) is 26.3 Å². The van der Waals surface area contributed by atoms with Crippen LogP contribution in [-0.2, 0) is 0 Å². The summed E-state index contributed by atoms with van der Waals surface area (Å²) >= 11 is 0. The van der Waals surface area contributed by atoms with Gasteiger partial charge in [0.05, 0.1) is 12.1 Å². The van der Waals surface area contributed by atoms with Crippen LogP contribution >= 0.6 is 0 Å². The van der Waals surface area contributed by atoms with Gasteiger partial charge < -0.3 is 10.4 Å². The molecule has 4 heteroatoms. The minimum Gasteiger partial charge on any atom is -0.394 e. The van der Waals surface area contributed by atoms with Crippen LogP contribution in [0.25, 0.3) is 21.9 Å². The van der Waals surface area contributed by atoms with Gasteiger partial charge in [-0.2, -0.15) is 0 Å². The topological polar surface area (TPSA) is 45.2 Å². The van der Waals surface area contributed by atoms with Crippen molar-refractivity contribution in [3.05, 3.63) is 60.0 Å². The first kappa shape index (κ1) is 16.4. The molecule has 124 valence electrons. The van der Waals surface area contributed by atoms with Crippen LogP contribution in [0.15, 0.2) is 48.5 Å². The van der Waals surface area contributed by atoms with Crippen molar-refractivity contribution in [1.82, 2.24) is 4.98 Å². The van der Waals surface area contributed by atoms with E-state index < -0.39 is 5.54 Å². The molecule has 0 radical (unpaired) electrons. The zero-order chi connectivity index (χ0) is 17.3. The molecule has 2 aromatic carbocycles. The Morgan fingerprint density at radius 2 is 1.67 bits per heavy atom. The van der Waals surface area contributed by atoms with E-state index in [9.17, 15) is 9.50 Å². The molecule has 3 rings (SSSR count). The molecule has 0 aliphatic rings. The van der Waals surface area contributed by atoms with Gasteiger partial charge in [-0.3, -0.25) is 0 Å². The molecule has 0 spiro atoms. The fraction of sp³-hybridized carbons (Fsp3) is 0.250. The lowest BCUT2D eigenvalue weighted by atomic mass is 9.96. The third kappa shape index (κ3) is 2.97. The second kappa shape index (κ2) is 6.21. The van der Waals surface area contributed by atoms with Gasteiger partial charge in [-0.15, -0.1) is 0 Å². The summed E-state index contributed by atoms with van der Waals surface area (Å²) in [7, 11) is 0. The molecule has 0 fully saturated rings. The number of anilines is 1. The van der Waals surface area contributed by atoms with Gasteiger partial charge in [0.15, 0.2) is 0 Å². The molecule has 0 aliphatic carbocycles. The van der Waals surface area contributed by atoms with Crippen molar-refractivity contribution < 1.29 is 9.50 Å². The van der Waals surface area contributed by atoms with Crippen molar-refractivity contribution in [2.75, 3.05) is 11.9 Å². The fourth-order valence-electron chi connectivity index (χ4n) is 2.85. The molecule has 0 amide bonds. The number of hydrogen-bond donors (Lipinski definition) is 2. The van der Waals surface area contributed by atoms with Gasteiger partial charge in [0, 0.05) is 22.2 Å². The molecular weight excluding hydrogens is 303 g/mol. The molecule has 2 N–H and O–H groups in total. The predicted molar refractivity (Wildman–Crippen MR) is 96.7 cm³/mol. The zero-order valence-electron chi connectivity index (χ0n) is 14.1. The molecule has 0 atom stereocenters. The number of aromatic nitrogens is 1. The summed E-state index contributed by atoms with van der Waals surface area (Å²) in [6.45, 7) is 5.68. The Kier molecular flexibility index (Phi) is 4.24. The van der Waals surface area contributed by atoms with Crippen molar-refractivity contribution in [3.8, 4) is 11.1 Å². The average Bonchev–Trinajstić information content (AvgIpc) is 2.56. The molecule has 0 unspecified atom stereocenters. The molecule has 24 heavy (non-hydrogen) atoms. The number of rotatable bonds is 4. The highest BCUT2D eigenvalue weighted by Gasteiger charge is 2.20. The summed E-state index contributed by atoms with van der Waals surface area (Å²) in [6, 6.07) is 14.6. The van der Waals surface area contributed by atoms with E-state index in [0.717, 1.165) is 22.0 Å². The Hall–Kier alpha value is -2.46. The zero-order valence-corrected chi connectivity index (χ0v) is 14.1. The Morgan fingerprint density at radius 1 is 1.04 bits per heavy atom. The van der Waals surface area contributed by atoms with Crippen LogP contribution < -0.4 is 5.32 Å². The maximum absolute atomic E-state index is 14.3. The quantitative estimate of drug-likeness (QED) is 0.741. The molecule has 0 saturated heterocycles. The molecule has 1 aromatic heterocycles. The van der Waals surface area contributed by atoms with E-state index in [1.54, 1.807) is 12.1 Å². The lowest BCUT2D eigenvalue weighted by Gasteiger charge is -2.26. The SMILES string of the molecule is Cc1nc(NC(C)(C)CO)c2ccccc2c1-c1ccccc1F. The van der Waals surface area contributed by atoms with Gasteiger partial charge >= 0.3 is 0 Å². The Balaban J connectivity index is 2.28. The van der Waals surface area contributed by atoms with Gasteiger partial charge in [0.25, 0.3) is 0 Å². The monoisotopic (exact) mass is 324 g/mol. The van der Waals surface area contributed by atoms with Crippen molar-refractivity contribution in [1.29, 1.82) is 0 Å². The van der Waals surface area contributed by atoms with Gasteiger partial charge in [0.1, 0.15) is 11.6 Å². The third-order valence-electron chi connectivity index (χ3n) is 4.09. The van der Waals surface area contributed by atoms with Crippen LogP contribution in [0, 0.1) is 12.7 Å². The smallest absolute Gasteiger partial charge is 0.134 e. The number of nitrogens with one attached hydrogen (secondary N) is 1. The highest BCUT2D eigenvalue weighted by Crippen LogP contribution is 2.36. The van der Waals surface area contributed by atoms with Crippen LogP contribution in [0.2, 0.25) is 0 Å². The standard InChI is InChI=1S/C20H21FN2O/c1-13-18(16-10-6-7-11-17(16)21)14-8-4-5-9-15(14)19(22-13)23-20(2,3)12-24/h4-11,24H,12H2,1-3H3,(H,22,23). The number of aliphatic hydroxyl groups is 1. The van der Waals surface area contributed by atoms with Crippen LogP contribution in [0.3, 0.4) is 0 Å². The van der Waals surface area contributed by atoms with Crippen LogP contribution in [0.4, 0.5) is 10.2 Å². The summed E-state index contributed by atoms with van der Waals surface area (Å²) in [5, 5.41) is 14.7. The summed E-state index contributed by atoms with van der Waals surface area (Å²) in [5.41, 5.74) is 1.60. The number of benzene rings is 2. The second-order valence-corrected chi connectivity index (χ2v) is 6.61. The fourth-order valence-corrected chi connectivity index (χ4v) is 2.85. The minimum atomic E-state index is -0.498. The van der Waals surface area contributed by atoms with Crippen molar-refractivity contribution in [2.24, 2.45) is 0 Å². The van der Waals surface area contributed by atoms with E-state index in [-0.39, 0.29) is 12.4 Å². The molecule has 3 aromatic rings. The highest BCUT2D eigenvalue weighted by atomic mass is 19.1. The Morgan fingerprint density at radius 3 is 2.33 bits per heavy atom. The van der Waals surface area contributed by atoms with Crippen molar-refractivity contribution in [3.63, 3.8) is 0 Å².